The molecule has 1 N–H and O–H groups in total. The number of rotatable bonds is 3. The zero-order valence-corrected chi connectivity index (χ0v) is 18.4. The Labute approximate surface area is 190 Å². The highest BCUT2D eigenvalue weighted by Gasteiger charge is 2.23. The Bertz CT molecular complexity index is 1640. The van der Waals surface area contributed by atoms with Crippen molar-refractivity contribution in [2.75, 3.05) is 38.1 Å². The van der Waals surface area contributed by atoms with Crippen LogP contribution in [-0.4, -0.2) is 47.7 Å². The lowest BCUT2D eigenvalue weighted by molar-refractivity contribution is 0.313. The summed E-state index contributed by atoms with van der Waals surface area (Å²) in [4.78, 5) is 21.9. The van der Waals surface area contributed by atoms with Gasteiger partial charge in [-0.2, -0.15) is 5.26 Å². The molecule has 3 heterocycles. The lowest BCUT2D eigenvalue weighted by Gasteiger charge is -2.35. The molecule has 162 valence electrons. The minimum absolute atomic E-state index is 0.0294. The molecule has 2 aromatic carbocycles. The number of nitrogens with one attached hydrogen (secondary N) is 1. The molecule has 0 unspecified atom stereocenters. The van der Waals surface area contributed by atoms with Crippen molar-refractivity contribution in [2.24, 2.45) is 0 Å². The summed E-state index contributed by atoms with van der Waals surface area (Å²) in [5, 5.41) is 11.5. The first-order chi connectivity index (χ1) is 16.1. The maximum atomic E-state index is 13.7. The number of hydrogen-bond donors (Lipinski definition) is 1. The summed E-state index contributed by atoms with van der Waals surface area (Å²) >= 11 is 0. The summed E-state index contributed by atoms with van der Waals surface area (Å²) in [5.41, 5.74) is 6.10. The van der Waals surface area contributed by atoms with Crippen molar-refractivity contribution in [2.45, 2.75) is 0 Å². The van der Waals surface area contributed by atoms with Crippen LogP contribution >= 0.6 is 0 Å². The van der Waals surface area contributed by atoms with Crippen molar-refractivity contribution in [1.82, 2.24) is 14.5 Å². The van der Waals surface area contributed by atoms with Crippen LogP contribution < -0.4 is 10.3 Å². The van der Waals surface area contributed by atoms with Crippen LogP contribution in [0.2, 0.25) is 0 Å². The molecule has 1 aliphatic carbocycles. The molecule has 1 fully saturated rings. The van der Waals surface area contributed by atoms with E-state index in [0.717, 1.165) is 59.7 Å². The standard InChI is InChI=1S/C27H23N5O/c1-3-18-14-21-24(15-23(18)31-11-9-30(2)10-12-31)32(19-5-4-6-19)27-25(21)26(33)20-8-7-17(16-28)13-22(20)29-27/h3-8,13-15H,1,9-12H2,2H3,(H,29,33). The van der Waals surface area contributed by atoms with E-state index in [2.05, 4.69) is 51.2 Å². The smallest absolute Gasteiger partial charge is 0.199 e. The second kappa shape index (κ2) is 7.22. The van der Waals surface area contributed by atoms with E-state index >= 15 is 0 Å². The molecule has 1 aliphatic heterocycles. The first kappa shape index (κ1) is 19.6. The zero-order chi connectivity index (χ0) is 22.7. The minimum Gasteiger partial charge on any atom is -0.368 e. The Kier molecular flexibility index (Phi) is 4.29. The van der Waals surface area contributed by atoms with Gasteiger partial charge < -0.3 is 14.8 Å². The monoisotopic (exact) mass is 433 g/mol. The van der Waals surface area contributed by atoms with Crippen LogP contribution in [0, 0.1) is 11.3 Å². The van der Waals surface area contributed by atoms with E-state index in [9.17, 15) is 10.1 Å². The Morgan fingerprint density at radius 3 is 2.58 bits per heavy atom. The number of hydrogen-bond acceptors (Lipinski definition) is 4. The second-order valence-corrected chi connectivity index (χ2v) is 8.76. The number of allylic oxidation sites excluding steroid dienone is 4. The fourth-order valence-electron chi connectivity index (χ4n) is 4.95. The largest absolute Gasteiger partial charge is 0.368 e. The van der Waals surface area contributed by atoms with E-state index in [1.807, 2.05) is 24.3 Å². The summed E-state index contributed by atoms with van der Waals surface area (Å²) < 4.78 is 2.12. The van der Waals surface area contributed by atoms with Crippen LogP contribution in [0.4, 0.5) is 5.69 Å². The van der Waals surface area contributed by atoms with E-state index in [0.29, 0.717) is 21.9 Å². The first-order valence-electron chi connectivity index (χ1n) is 11.1. The van der Waals surface area contributed by atoms with E-state index in [-0.39, 0.29) is 5.43 Å². The molecule has 0 radical (unpaired) electrons. The molecule has 33 heavy (non-hydrogen) atoms. The van der Waals surface area contributed by atoms with E-state index in [1.165, 1.54) is 0 Å². The van der Waals surface area contributed by atoms with Gasteiger partial charge >= 0.3 is 0 Å². The fourth-order valence-corrected chi connectivity index (χ4v) is 4.95. The lowest BCUT2D eigenvalue weighted by atomic mass is 10.0. The number of anilines is 1. The van der Waals surface area contributed by atoms with Gasteiger partial charge in [-0.05, 0) is 55.1 Å². The Morgan fingerprint density at radius 2 is 1.91 bits per heavy atom. The molecule has 6 nitrogen and oxygen atoms in total. The predicted octanol–water partition coefficient (Wildman–Crippen LogP) is 4.31. The summed E-state index contributed by atoms with van der Waals surface area (Å²) in [6, 6.07) is 11.6. The molecule has 0 spiro atoms. The summed E-state index contributed by atoms with van der Waals surface area (Å²) in [5.74, 6) is 0. The molecule has 0 saturated carbocycles. The number of benzene rings is 2. The van der Waals surface area contributed by atoms with Gasteiger partial charge in [0.1, 0.15) is 5.65 Å². The molecule has 6 heteroatoms. The molecular formula is C27H23N5O. The fraction of sp³-hybridized carbons (Fsp3) is 0.185. The number of pyridine rings is 1. The highest BCUT2D eigenvalue weighted by atomic mass is 16.1. The number of nitrogens with zero attached hydrogens (tertiary/aromatic N) is 4. The van der Waals surface area contributed by atoms with E-state index in [4.69, 9.17) is 0 Å². The Hall–Kier alpha value is -4.08. The van der Waals surface area contributed by atoms with Crippen LogP contribution in [-0.2, 0) is 0 Å². The van der Waals surface area contributed by atoms with Gasteiger partial charge in [0.05, 0.1) is 28.1 Å². The van der Waals surface area contributed by atoms with Gasteiger partial charge in [0.25, 0.3) is 0 Å². The first-order valence-corrected chi connectivity index (χ1v) is 11.1. The molecule has 2 aliphatic rings. The van der Waals surface area contributed by atoms with Crippen LogP contribution in [0.1, 0.15) is 11.1 Å². The predicted molar refractivity (Wildman–Crippen MR) is 135 cm³/mol. The van der Waals surface area contributed by atoms with Crippen molar-refractivity contribution in [3.63, 3.8) is 0 Å². The Balaban J connectivity index is 1.71. The Morgan fingerprint density at radius 1 is 1.12 bits per heavy atom. The average molecular weight is 434 g/mol. The van der Waals surface area contributed by atoms with Crippen molar-refractivity contribution < 1.29 is 0 Å². The van der Waals surface area contributed by atoms with Crippen molar-refractivity contribution in [3.8, 4) is 6.07 Å². The van der Waals surface area contributed by atoms with Gasteiger partial charge in [-0.25, -0.2) is 0 Å². The number of piperazine rings is 1. The molecule has 0 bridgehead atoms. The summed E-state index contributed by atoms with van der Waals surface area (Å²) in [6.07, 6.45) is 7.97. The lowest BCUT2D eigenvalue weighted by Crippen LogP contribution is -2.44. The van der Waals surface area contributed by atoms with Gasteiger partial charge in [0.15, 0.2) is 5.43 Å². The normalized spacial score (nSPS) is 16.2. The molecule has 1 saturated heterocycles. The molecular weight excluding hydrogens is 410 g/mol. The molecule has 2 aromatic heterocycles. The zero-order valence-electron chi connectivity index (χ0n) is 18.4. The van der Waals surface area contributed by atoms with Gasteiger partial charge in [-0.15, -0.1) is 0 Å². The molecule has 0 atom stereocenters. The molecule has 0 amide bonds. The highest BCUT2D eigenvalue weighted by molar-refractivity contribution is 6.13. The quantitative estimate of drug-likeness (QED) is 0.523. The third kappa shape index (κ3) is 2.86. The minimum atomic E-state index is -0.0294. The third-order valence-corrected chi connectivity index (χ3v) is 6.85. The van der Waals surface area contributed by atoms with Gasteiger partial charge in [-0.1, -0.05) is 18.7 Å². The van der Waals surface area contributed by atoms with E-state index in [1.54, 1.807) is 18.2 Å². The molecule has 4 aromatic rings. The van der Waals surface area contributed by atoms with Crippen LogP contribution in [0.5, 0.6) is 0 Å². The summed E-state index contributed by atoms with van der Waals surface area (Å²) in [6.45, 7) is 7.99. The topological polar surface area (TPSA) is 68.1 Å². The number of nitriles is 1. The number of aromatic amines is 1. The van der Waals surface area contributed by atoms with Gasteiger partial charge in [0.2, 0.25) is 0 Å². The van der Waals surface area contributed by atoms with Gasteiger partial charge in [0, 0.05) is 48.3 Å². The van der Waals surface area contributed by atoms with Crippen molar-refractivity contribution in [3.05, 3.63) is 76.5 Å². The SMILES string of the molecule is C=Cc1cc2c3c(=O)c4ccc(C#N)cc4[nH]c3n(C3=CC=C3)c2cc1N1CCN(C)CC1. The second-order valence-electron chi connectivity index (χ2n) is 8.76. The maximum Gasteiger partial charge on any atom is 0.199 e. The van der Waals surface area contributed by atoms with Crippen molar-refractivity contribution in [1.29, 1.82) is 5.26 Å². The maximum absolute atomic E-state index is 13.7. The van der Waals surface area contributed by atoms with Crippen LogP contribution in [0.25, 0.3) is 44.6 Å². The van der Waals surface area contributed by atoms with Crippen LogP contribution in [0.15, 0.2) is 59.9 Å². The number of H-pyrrole nitrogens is 1. The summed E-state index contributed by atoms with van der Waals surface area (Å²) in [7, 11) is 2.15. The third-order valence-electron chi connectivity index (χ3n) is 6.85. The van der Waals surface area contributed by atoms with Crippen LogP contribution in [0.3, 0.4) is 0 Å². The number of aromatic nitrogens is 2. The van der Waals surface area contributed by atoms with Crippen molar-refractivity contribution >= 4 is 50.3 Å². The van der Waals surface area contributed by atoms with Gasteiger partial charge in [-0.3, -0.25) is 9.36 Å². The highest BCUT2D eigenvalue weighted by Crippen LogP contribution is 2.37. The number of likely N-dealkylation sites (N-methyl/N-ethyl adjacent to an activating group) is 1. The van der Waals surface area contributed by atoms with E-state index < -0.39 is 0 Å². The molecule has 6 rings (SSSR count). The average Bonchev–Trinajstić information content (AvgIpc) is 3.10. The number of fused-ring (bicyclic) bond motifs is 4.